The fourth-order valence-electron chi connectivity index (χ4n) is 5.78. The van der Waals surface area contributed by atoms with Crippen molar-refractivity contribution in [2.24, 2.45) is 0 Å². The number of carboxylic acids is 1. The molecule has 2 fully saturated rings. The van der Waals surface area contributed by atoms with Crippen molar-refractivity contribution in [3.8, 4) is 17.2 Å². The summed E-state index contributed by atoms with van der Waals surface area (Å²) < 4.78 is 43.3. The molecule has 2 aliphatic rings. The van der Waals surface area contributed by atoms with Crippen molar-refractivity contribution in [3.63, 3.8) is 0 Å². The maximum Gasteiger partial charge on any atom is 0.414 e. The van der Waals surface area contributed by atoms with Crippen molar-refractivity contribution in [1.82, 2.24) is 4.57 Å². The predicted molar refractivity (Wildman–Crippen MR) is 163 cm³/mol. The van der Waals surface area contributed by atoms with Crippen LogP contribution < -0.4 is 20.0 Å². The lowest BCUT2D eigenvalue weighted by Gasteiger charge is -2.22. The lowest BCUT2D eigenvalue weighted by Crippen LogP contribution is -2.26. The number of pyridine rings is 1. The van der Waals surface area contributed by atoms with Gasteiger partial charge in [0.15, 0.2) is 11.6 Å². The summed E-state index contributed by atoms with van der Waals surface area (Å²) >= 11 is 0. The summed E-state index contributed by atoms with van der Waals surface area (Å²) in [5, 5.41) is 19.2. The number of halogens is 2. The summed E-state index contributed by atoms with van der Waals surface area (Å²) in [6.45, 7) is 2.20. The van der Waals surface area contributed by atoms with Crippen LogP contribution in [0.1, 0.15) is 36.5 Å². The number of rotatable bonds is 9. The van der Waals surface area contributed by atoms with E-state index in [2.05, 4.69) is 0 Å². The minimum Gasteiger partial charge on any atom is -0.508 e. The van der Waals surface area contributed by atoms with Crippen molar-refractivity contribution in [2.75, 3.05) is 29.4 Å². The number of carboxylic acid groups (broad SMARTS) is 1. The van der Waals surface area contributed by atoms with Gasteiger partial charge in [0.05, 0.1) is 30.0 Å². The van der Waals surface area contributed by atoms with Gasteiger partial charge in [-0.3, -0.25) is 9.69 Å². The van der Waals surface area contributed by atoms with E-state index in [4.69, 9.17) is 9.47 Å². The van der Waals surface area contributed by atoms with E-state index in [0.717, 1.165) is 12.3 Å². The number of Topliss-reactive ketones (excluding diaryl/α,β-unsaturated/α-hetero) is 1. The molecule has 11 nitrogen and oxygen atoms in total. The van der Waals surface area contributed by atoms with Gasteiger partial charge in [-0.1, -0.05) is 0 Å². The number of carbonyl (C=O) groups is 3. The summed E-state index contributed by atoms with van der Waals surface area (Å²) in [4.78, 5) is 51.4. The van der Waals surface area contributed by atoms with Crippen LogP contribution in [0.15, 0.2) is 65.6 Å². The molecule has 2 atom stereocenters. The predicted octanol–water partition coefficient (Wildman–Crippen LogP) is 5.02. The number of fused-ring (bicyclic) bond motifs is 1. The van der Waals surface area contributed by atoms with Crippen molar-refractivity contribution in [2.45, 2.75) is 38.4 Å². The number of nitrogens with zero attached hydrogens (tertiary/aromatic N) is 3. The number of aromatic carboxylic acids is 1. The fraction of sp³-hybridized carbons (Fsp3) is 0.273. The Kier molecular flexibility index (Phi) is 8.07. The maximum atomic E-state index is 15.5. The van der Waals surface area contributed by atoms with E-state index in [-0.39, 0.29) is 59.1 Å². The van der Waals surface area contributed by atoms with Gasteiger partial charge in [-0.25, -0.2) is 18.4 Å². The second-order valence-electron chi connectivity index (χ2n) is 11.3. The zero-order valence-electron chi connectivity index (χ0n) is 24.6. The molecule has 46 heavy (non-hydrogen) atoms. The molecule has 0 unspecified atom stereocenters. The van der Waals surface area contributed by atoms with E-state index in [1.54, 1.807) is 4.90 Å². The minimum atomic E-state index is -1.46. The zero-order valence-corrected chi connectivity index (χ0v) is 24.6. The third-order valence-electron chi connectivity index (χ3n) is 8.13. The minimum absolute atomic E-state index is 0.0122. The number of carbonyl (C=O) groups excluding carboxylic acids is 2. The molecule has 0 saturated carbocycles. The number of phenols is 1. The van der Waals surface area contributed by atoms with Gasteiger partial charge in [0.1, 0.15) is 35.1 Å². The average molecular weight is 634 g/mol. The second kappa shape index (κ2) is 12.1. The van der Waals surface area contributed by atoms with Crippen LogP contribution in [0.4, 0.5) is 25.0 Å². The monoisotopic (exact) mass is 633 g/mol. The highest BCUT2D eigenvalue weighted by atomic mass is 19.1. The first-order chi connectivity index (χ1) is 22.0. The molecule has 13 heteroatoms. The van der Waals surface area contributed by atoms with Crippen molar-refractivity contribution >= 4 is 40.1 Å². The summed E-state index contributed by atoms with van der Waals surface area (Å²) in [7, 11) is 0. The Balaban J connectivity index is 1.22. The van der Waals surface area contributed by atoms with Crippen molar-refractivity contribution in [3.05, 3.63) is 88.2 Å². The highest BCUT2D eigenvalue weighted by Crippen LogP contribution is 2.33. The molecular formula is C33H29F2N3O8. The van der Waals surface area contributed by atoms with E-state index in [0.29, 0.717) is 25.1 Å². The van der Waals surface area contributed by atoms with Gasteiger partial charge >= 0.3 is 12.1 Å². The summed E-state index contributed by atoms with van der Waals surface area (Å²) in [5.41, 5.74) is -0.234. The molecule has 2 N–H and O–H groups in total. The molecule has 238 valence electrons. The largest absolute Gasteiger partial charge is 0.508 e. The fourth-order valence-corrected chi connectivity index (χ4v) is 5.78. The van der Waals surface area contributed by atoms with Crippen LogP contribution in [0.25, 0.3) is 16.6 Å². The van der Waals surface area contributed by atoms with E-state index < -0.39 is 46.9 Å². The number of aromatic hydroxyl groups is 1. The number of amides is 1. The molecule has 0 aliphatic carbocycles. The van der Waals surface area contributed by atoms with Crippen LogP contribution >= 0.6 is 0 Å². The SMILES string of the molecule is CC(=O)CC[C@H]1CN(c2ccc(O[C@H]3CCN(c4cc5c(cc4F)c(=O)c(C(=O)O)cn5-c4ccc(O)cc4)C3)c(F)c2)C(=O)O1. The van der Waals surface area contributed by atoms with Crippen LogP contribution in [0.5, 0.6) is 11.5 Å². The standard InChI is InChI=1S/C33H29F2N3O8/c1-18(39)2-8-22-16-38(33(44)46-22)20-5-9-30(27(35)12-20)45-23-10-11-36(15-23)29-14-28-24(13-26(29)34)31(41)25(32(42)43)17-37(28)19-3-6-21(40)7-4-19/h3-7,9,12-14,17,22-23,40H,2,8,10-11,15-16H2,1H3,(H,42,43)/t22-,23-/m0/s1. The third-order valence-corrected chi connectivity index (χ3v) is 8.13. The number of phenolic OH excluding ortho intramolecular Hbond substituents is 1. The number of ether oxygens (including phenoxy) is 2. The molecule has 3 heterocycles. The molecule has 0 spiro atoms. The third kappa shape index (κ3) is 5.95. The van der Waals surface area contributed by atoms with E-state index in [1.165, 1.54) is 64.9 Å². The molecule has 0 radical (unpaired) electrons. The van der Waals surface area contributed by atoms with E-state index in [1.807, 2.05) is 0 Å². The summed E-state index contributed by atoms with van der Waals surface area (Å²) in [6, 6.07) is 12.5. The summed E-state index contributed by atoms with van der Waals surface area (Å²) in [5.74, 6) is -2.96. The lowest BCUT2D eigenvalue weighted by atomic mass is 10.1. The van der Waals surface area contributed by atoms with Crippen LogP contribution in [-0.4, -0.2) is 64.5 Å². The first kappa shape index (κ1) is 30.6. The molecule has 3 aromatic carbocycles. The van der Waals surface area contributed by atoms with Crippen LogP contribution in [0.2, 0.25) is 0 Å². The Morgan fingerprint density at radius 3 is 2.43 bits per heavy atom. The Morgan fingerprint density at radius 1 is 1.00 bits per heavy atom. The smallest absolute Gasteiger partial charge is 0.414 e. The molecule has 1 aromatic heterocycles. The molecule has 2 aliphatic heterocycles. The summed E-state index contributed by atoms with van der Waals surface area (Å²) in [6.07, 6.45) is 0.644. The van der Waals surface area contributed by atoms with Crippen molar-refractivity contribution in [1.29, 1.82) is 0 Å². The van der Waals surface area contributed by atoms with Crippen LogP contribution in [0, 0.1) is 11.6 Å². The molecule has 2 saturated heterocycles. The number of aromatic nitrogens is 1. The Bertz CT molecular complexity index is 1930. The Morgan fingerprint density at radius 2 is 1.74 bits per heavy atom. The van der Waals surface area contributed by atoms with Crippen LogP contribution in [0.3, 0.4) is 0 Å². The van der Waals surface area contributed by atoms with Gasteiger partial charge in [-0.15, -0.1) is 0 Å². The molecular weight excluding hydrogens is 604 g/mol. The Hall–Kier alpha value is -5.46. The van der Waals surface area contributed by atoms with Crippen molar-refractivity contribution < 1.29 is 42.9 Å². The number of cyclic esters (lactones) is 1. The van der Waals surface area contributed by atoms with Gasteiger partial charge in [0.2, 0.25) is 5.43 Å². The highest BCUT2D eigenvalue weighted by Gasteiger charge is 2.33. The van der Waals surface area contributed by atoms with Gasteiger partial charge < -0.3 is 33.9 Å². The van der Waals surface area contributed by atoms with Crippen LogP contribution in [-0.2, 0) is 9.53 Å². The molecule has 6 rings (SSSR count). The number of anilines is 2. The molecule has 4 aromatic rings. The normalized spacial score (nSPS) is 17.8. The molecule has 0 bridgehead atoms. The van der Waals surface area contributed by atoms with Gasteiger partial charge in [0, 0.05) is 42.7 Å². The molecule has 1 amide bonds. The van der Waals surface area contributed by atoms with Gasteiger partial charge in [0.25, 0.3) is 0 Å². The zero-order chi connectivity index (χ0) is 32.7. The Labute approximate surface area is 260 Å². The first-order valence-corrected chi connectivity index (χ1v) is 14.6. The number of hydrogen-bond donors (Lipinski definition) is 2. The number of benzene rings is 3. The lowest BCUT2D eigenvalue weighted by molar-refractivity contribution is -0.117. The van der Waals surface area contributed by atoms with Gasteiger partial charge in [-0.2, -0.15) is 0 Å². The topological polar surface area (TPSA) is 139 Å². The number of hydrogen-bond acceptors (Lipinski definition) is 8. The first-order valence-electron chi connectivity index (χ1n) is 14.6. The van der Waals surface area contributed by atoms with E-state index >= 15 is 8.78 Å². The quantitative estimate of drug-likeness (QED) is 0.260. The highest BCUT2D eigenvalue weighted by molar-refractivity contribution is 5.94. The van der Waals surface area contributed by atoms with Gasteiger partial charge in [-0.05, 0) is 61.9 Å². The average Bonchev–Trinajstić information content (AvgIpc) is 3.64. The second-order valence-corrected chi connectivity index (χ2v) is 11.3. The number of ketones is 1. The van der Waals surface area contributed by atoms with E-state index in [9.17, 15) is 29.4 Å². The maximum absolute atomic E-state index is 15.5.